The highest BCUT2D eigenvalue weighted by Gasteiger charge is 2.34. The molecule has 1 saturated heterocycles. The lowest BCUT2D eigenvalue weighted by atomic mass is 10.1. The number of ether oxygens (including phenoxy) is 1. The second-order valence-electron chi connectivity index (χ2n) is 7.92. The molecule has 5 rings (SSSR count). The summed E-state index contributed by atoms with van der Waals surface area (Å²) in [7, 11) is 0. The minimum absolute atomic E-state index is 0.285. The number of nitrogen functional groups attached to an aromatic ring is 1. The summed E-state index contributed by atoms with van der Waals surface area (Å²) in [4.78, 5) is 22.2. The number of anilines is 1. The van der Waals surface area contributed by atoms with Crippen LogP contribution >= 0.6 is 0 Å². The van der Waals surface area contributed by atoms with Crippen molar-refractivity contribution >= 4 is 17.4 Å². The minimum atomic E-state index is -0.958. The van der Waals surface area contributed by atoms with Crippen molar-refractivity contribution in [1.29, 1.82) is 0 Å². The Morgan fingerprint density at radius 2 is 1.94 bits per heavy atom. The Hall–Kier alpha value is -4.14. The van der Waals surface area contributed by atoms with Crippen LogP contribution < -0.4 is 10.5 Å². The molecule has 0 saturated carbocycles. The number of carboxylic acid groups (broad SMARTS) is 1. The van der Waals surface area contributed by atoms with Gasteiger partial charge in [0.2, 0.25) is 0 Å². The van der Waals surface area contributed by atoms with E-state index in [0.29, 0.717) is 48.2 Å². The van der Waals surface area contributed by atoms with Crippen molar-refractivity contribution in [3.05, 3.63) is 78.1 Å². The van der Waals surface area contributed by atoms with E-state index >= 15 is 0 Å². The van der Waals surface area contributed by atoms with Crippen LogP contribution in [0.15, 0.2) is 60.9 Å². The Morgan fingerprint density at radius 1 is 1.18 bits per heavy atom. The summed E-state index contributed by atoms with van der Waals surface area (Å²) in [6.07, 6.45) is 3.87. The molecule has 9 heteroatoms. The number of imidazole rings is 1. The van der Waals surface area contributed by atoms with Gasteiger partial charge in [-0.2, -0.15) is 0 Å². The first-order chi connectivity index (χ1) is 16.0. The first kappa shape index (κ1) is 20.7. The number of fused-ring (bicyclic) bond motifs is 1. The van der Waals surface area contributed by atoms with Crippen molar-refractivity contribution in [3.63, 3.8) is 0 Å². The summed E-state index contributed by atoms with van der Waals surface area (Å²) >= 11 is 0. The number of nitrogens with zero attached hydrogens (tertiary/aromatic N) is 4. The molecule has 1 aliphatic heterocycles. The average Bonchev–Trinajstić information content (AvgIpc) is 3.45. The summed E-state index contributed by atoms with van der Waals surface area (Å²) in [5.74, 6) is 1.33. The number of halogens is 1. The van der Waals surface area contributed by atoms with E-state index < -0.39 is 6.09 Å². The van der Waals surface area contributed by atoms with Crippen molar-refractivity contribution < 1.29 is 19.0 Å². The van der Waals surface area contributed by atoms with Gasteiger partial charge >= 0.3 is 6.09 Å². The fourth-order valence-corrected chi connectivity index (χ4v) is 4.24. The highest BCUT2D eigenvalue weighted by Crippen LogP contribution is 2.36. The van der Waals surface area contributed by atoms with Crippen LogP contribution in [0.3, 0.4) is 0 Å². The molecule has 8 nitrogen and oxygen atoms in total. The number of carbonyl (C=O) groups is 1. The van der Waals surface area contributed by atoms with Gasteiger partial charge in [-0.05, 0) is 54.8 Å². The molecule has 0 aliphatic carbocycles. The molecule has 2 aromatic heterocycles. The Morgan fingerprint density at radius 3 is 2.67 bits per heavy atom. The molecule has 2 aromatic carbocycles. The van der Waals surface area contributed by atoms with Crippen LogP contribution in [0.25, 0.3) is 16.8 Å². The molecule has 1 atom stereocenters. The van der Waals surface area contributed by atoms with E-state index in [2.05, 4.69) is 4.98 Å². The minimum Gasteiger partial charge on any atom is -0.489 e. The smallest absolute Gasteiger partial charge is 0.407 e. The van der Waals surface area contributed by atoms with E-state index in [4.69, 9.17) is 15.5 Å². The van der Waals surface area contributed by atoms with E-state index in [0.717, 1.165) is 17.5 Å². The predicted molar refractivity (Wildman–Crippen MR) is 120 cm³/mol. The molecule has 0 unspecified atom stereocenters. The van der Waals surface area contributed by atoms with Gasteiger partial charge < -0.3 is 15.6 Å². The molecule has 0 bridgehead atoms. The second-order valence-corrected chi connectivity index (χ2v) is 7.92. The van der Waals surface area contributed by atoms with Crippen LogP contribution in [0.1, 0.15) is 30.3 Å². The highest BCUT2D eigenvalue weighted by atomic mass is 19.1. The monoisotopic (exact) mass is 447 g/mol. The van der Waals surface area contributed by atoms with E-state index in [9.17, 15) is 14.3 Å². The Labute approximate surface area is 189 Å². The molecule has 3 heterocycles. The van der Waals surface area contributed by atoms with Gasteiger partial charge in [0.15, 0.2) is 0 Å². The molecule has 3 N–H and O–H groups in total. The van der Waals surface area contributed by atoms with Crippen molar-refractivity contribution in [2.24, 2.45) is 0 Å². The zero-order valence-corrected chi connectivity index (χ0v) is 17.7. The summed E-state index contributed by atoms with van der Waals surface area (Å²) in [6.45, 7) is 0.797. The lowest BCUT2D eigenvalue weighted by molar-refractivity contribution is 0.138. The lowest BCUT2D eigenvalue weighted by Crippen LogP contribution is -2.29. The van der Waals surface area contributed by atoms with Gasteiger partial charge in [-0.1, -0.05) is 12.1 Å². The third kappa shape index (κ3) is 3.93. The van der Waals surface area contributed by atoms with E-state index in [1.54, 1.807) is 24.5 Å². The van der Waals surface area contributed by atoms with Crippen LogP contribution in [0.2, 0.25) is 0 Å². The lowest BCUT2D eigenvalue weighted by Gasteiger charge is -2.20. The fraction of sp³-hybridized carbons (Fsp3) is 0.208. The molecular weight excluding hydrogens is 425 g/mol. The summed E-state index contributed by atoms with van der Waals surface area (Å²) in [5.41, 5.74) is 9.16. The molecule has 33 heavy (non-hydrogen) atoms. The molecule has 0 radical (unpaired) electrons. The maximum Gasteiger partial charge on any atom is 0.407 e. The van der Waals surface area contributed by atoms with Crippen molar-refractivity contribution in [3.8, 4) is 17.0 Å². The zero-order valence-electron chi connectivity index (χ0n) is 17.7. The normalized spacial score (nSPS) is 15.8. The van der Waals surface area contributed by atoms with Gasteiger partial charge in [-0.25, -0.2) is 19.2 Å². The maximum absolute atomic E-state index is 13.1. The number of likely N-dealkylation sites (tertiary alicyclic amines) is 1. The third-order valence-corrected chi connectivity index (χ3v) is 5.85. The van der Waals surface area contributed by atoms with E-state index in [-0.39, 0.29) is 11.9 Å². The number of nitrogens with two attached hydrogens (primary N) is 1. The van der Waals surface area contributed by atoms with Gasteiger partial charge in [0.1, 0.15) is 41.0 Å². The molecule has 168 valence electrons. The fourth-order valence-electron chi connectivity index (χ4n) is 4.24. The van der Waals surface area contributed by atoms with E-state index in [1.807, 2.05) is 28.7 Å². The standard InChI is InChI=1S/C24H22FN5O3/c25-17-7-3-15(4-8-17)14-33-18-9-5-16(6-10-18)20-21-22(26)27-11-13-30(21)23(28-20)19-2-1-12-29(19)24(31)32/h3-11,13,19H,1-2,12,14H2,(H2,26,27)(H,31,32)/t19-/m0/s1. The number of hydrogen-bond acceptors (Lipinski definition) is 5. The number of benzene rings is 2. The van der Waals surface area contributed by atoms with Crippen LogP contribution in [0.4, 0.5) is 15.0 Å². The average molecular weight is 447 g/mol. The van der Waals surface area contributed by atoms with Crippen molar-refractivity contribution in [2.45, 2.75) is 25.5 Å². The Bertz CT molecular complexity index is 1300. The first-order valence-corrected chi connectivity index (χ1v) is 10.6. The largest absolute Gasteiger partial charge is 0.489 e. The van der Waals surface area contributed by atoms with Gasteiger partial charge in [0.25, 0.3) is 0 Å². The highest BCUT2D eigenvalue weighted by molar-refractivity contribution is 5.85. The Balaban J connectivity index is 1.46. The van der Waals surface area contributed by atoms with Gasteiger partial charge in [0.05, 0.1) is 6.04 Å². The summed E-state index contributed by atoms with van der Waals surface area (Å²) < 4.78 is 20.7. The van der Waals surface area contributed by atoms with Crippen LogP contribution in [0, 0.1) is 5.82 Å². The quantitative estimate of drug-likeness (QED) is 0.466. The zero-order chi connectivity index (χ0) is 22.9. The summed E-state index contributed by atoms with van der Waals surface area (Å²) in [6, 6.07) is 13.2. The predicted octanol–water partition coefficient (Wildman–Crippen LogP) is 4.51. The van der Waals surface area contributed by atoms with Crippen molar-refractivity contribution in [1.82, 2.24) is 19.3 Å². The molecule has 0 spiro atoms. The molecule has 1 aliphatic rings. The van der Waals surface area contributed by atoms with Crippen LogP contribution in [-0.4, -0.2) is 37.0 Å². The van der Waals surface area contributed by atoms with Gasteiger partial charge in [-0.3, -0.25) is 9.30 Å². The summed E-state index contributed by atoms with van der Waals surface area (Å²) in [5, 5.41) is 9.59. The van der Waals surface area contributed by atoms with Crippen molar-refractivity contribution in [2.75, 3.05) is 12.3 Å². The number of aromatic nitrogens is 3. The molecule has 4 aromatic rings. The molecular formula is C24H22FN5O3. The number of hydrogen-bond donors (Lipinski definition) is 2. The maximum atomic E-state index is 13.1. The topological polar surface area (TPSA) is 106 Å². The van der Waals surface area contributed by atoms with Crippen LogP contribution in [-0.2, 0) is 6.61 Å². The first-order valence-electron chi connectivity index (χ1n) is 10.6. The van der Waals surface area contributed by atoms with Crippen LogP contribution in [0.5, 0.6) is 5.75 Å². The molecule has 1 amide bonds. The molecule has 1 fully saturated rings. The SMILES string of the molecule is Nc1nccn2c([C@@H]3CCCN3C(=O)O)nc(-c3ccc(OCc4ccc(F)cc4)cc3)c12. The third-order valence-electron chi connectivity index (χ3n) is 5.85. The Kier molecular flexibility index (Phi) is 5.29. The number of amides is 1. The van der Waals surface area contributed by atoms with Gasteiger partial charge in [0, 0.05) is 24.5 Å². The van der Waals surface area contributed by atoms with Gasteiger partial charge in [-0.15, -0.1) is 0 Å². The van der Waals surface area contributed by atoms with E-state index in [1.165, 1.54) is 17.0 Å². The second kappa shape index (κ2) is 8.42. The number of rotatable bonds is 5.